The number of aromatic nitrogens is 4. The summed E-state index contributed by atoms with van der Waals surface area (Å²) in [6.07, 6.45) is 1.58. The Bertz CT molecular complexity index is 523. The fourth-order valence-corrected chi connectivity index (χ4v) is 1.22. The maximum absolute atomic E-state index is 11.2. The lowest BCUT2D eigenvalue weighted by Gasteiger charge is -2.03. The van der Waals surface area contributed by atoms with Crippen molar-refractivity contribution < 1.29 is 0 Å². The lowest BCUT2D eigenvalue weighted by Crippen LogP contribution is -2.23. The first-order chi connectivity index (χ1) is 6.11. The zero-order valence-corrected chi connectivity index (χ0v) is 7.35. The first kappa shape index (κ1) is 7.78. The molecule has 0 saturated carbocycles. The quantitative estimate of drug-likeness (QED) is 0.577. The van der Waals surface area contributed by atoms with Crippen molar-refractivity contribution in [3.63, 3.8) is 0 Å². The third-order valence-corrected chi connectivity index (χ3v) is 2.01. The highest BCUT2D eigenvalue weighted by Crippen LogP contribution is 2.13. The predicted molar refractivity (Wildman–Crippen MR) is 48.2 cm³/mol. The molecule has 13 heavy (non-hydrogen) atoms. The first-order valence-corrected chi connectivity index (χ1v) is 3.75. The van der Waals surface area contributed by atoms with Crippen molar-refractivity contribution >= 4 is 17.0 Å². The summed E-state index contributed by atoms with van der Waals surface area (Å²) in [5.74, 6) is 0.384. The van der Waals surface area contributed by atoms with Crippen molar-refractivity contribution in [2.45, 2.75) is 0 Å². The maximum Gasteiger partial charge on any atom is 0.351 e. The number of aryl methyl sites for hydroxylation is 1. The van der Waals surface area contributed by atoms with Gasteiger partial charge in [0.05, 0.1) is 6.33 Å². The average molecular weight is 179 g/mol. The Kier molecular flexibility index (Phi) is 1.39. The molecular weight excluding hydrogens is 170 g/mol. The molecule has 68 valence electrons. The normalized spacial score (nSPS) is 10.9. The van der Waals surface area contributed by atoms with Crippen molar-refractivity contribution in [1.29, 1.82) is 0 Å². The van der Waals surface area contributed by atoms with Gasteiger partial charge in [0.1, 0.15) is 11.3 Å². The van der Waals surface area contributed by atoms with Gasteiger partial charge < -0.3 is 10.3 Å². The van der Waals surface area contributed by atoms with Crippen LogP contribution in [0.5, 0.6) is 0 Å². The number of hydrogen-bond donors (Lipinski definition) is 1. The van der Waals surface area contributed by atoms with Crippen LogP contribution in [0.3, 0.4) is 0 Å². The van der Waals surface area contributed by atoms with E-state index in [2.05, 4.69) is 9.97 Å². The molecule has 0 unspecified atom stereocenters. The molecule has 0 aliphatic heterocycles. The summed E-state index contributed by atoms with van der Waals surface area (Å²) in [7, 11) is 3.38. The SMILES string of the molecule is Cn1c(N)c2c(ncn2C)nc1=O. The molecule has 0 atom stereocenters. The summed E-state index contributed by atoms with van der Waals surface area (Å²) in [5.41, 5.74) is 6.42. The molecule has 0 bridgehead atoms. The molecule has 0 aromatic carbocycles. The van der Waals surface area contributed by atoms with Gasteiger partial charge in [-0.25, -0.2) is 9.78 Å². The van der Waals surface area contributed by atoms with E-state index in [4.69, 9.17) is 5.73 Å². The molecule has 0 aliphatic rings. The van der Waals surface area contributed by atoms with E-state index in [0.717, 1.165) is 0 Å². The molecular formula is C7H9N5O. The van der Waals surface area contributed by atoms with E-state index in [0.29, 0.717) is 17.0 Å². The van der Waals surface area contributed by atoms with Gasteiger partial charge in [-0.2, -0.15) is 4.98 Å². The number of hydrogen-bond acceptors (Lipinski definition) is 4. The minimum atomic E-state index is -0.385. The van der Waals surface area contributed by atoms with E-state index in [1.165, 1.54) is 4.57 Å². The maximum atomic E-state index is 11.2. The Morgan fingerprint density at radius 3 is 2.85 bits per heavy atom. The standard InChI is InChI=1S/C7H9N5O/c1-11-3-9-6-4(11)5(8)12(2)7(13)10-6/h3H,8H2,1-2H3. The second-order valence-corrected chi connectivity index (χ2v) is 2.87. The molecule has 0 spiro atoms. The van der Waals surface area contributed by atoms with E-state index in [1.54, 1.807) is 25.0 Å². The van der Waals surface area contributed by atoms with E-state index in [1.807, 2.05) is 0 Å². The molecule has 6 nitrogen and oxygen atoms in total. The molecule has 0 fully saturated rings. The van der Waals surface area contributed by atoms with Gasteiger partial charge in [0.25, 0.3) is 0 Å². The van der Waals surface area contributed by atoms with Gasteiger partial charge in [-0.05, 0) is 0 Å². The number of nitrogen functional groups attached to an aromatic ring is 1. The zero-order chi connectivity index (χ0) is 9.59. The van der Waals surface area contributed by atoms with Gasteiger partial charge in [0.2, 0.25) is 0 Å². The second-order valence-electron chi connectivity index (χ2n) is 2.87. The third-order valence-electron chi connectivity index (χ3n) is 2.01. The van der Waals surface area contributed by atoms with Crippen molar-refractivity contribution in [2.75, 3.05) is 5.73 Å². The van der Waals surface area contributed by atoms with Crippen LogP contribution in [-0.2, 0) is 14.1 Å². The van der Waals surface area contributed by atoms with Crippen LogP contribution in [0, 0.1) is 0 Å². The Morgan fingerprint density at radius 1 is 1.46 bits per heavy atom. The average Bonchev–Trinajstić information content (AvgIpc) is 2.43. The molecule has 0 radical (unpaired) electrons. The lowest BCUT2D eigenvalue weighted by molar-refractivity contribution is 0.830. The molecule has 2 aromatic heterocycles. The van der Waals surface area contributed by atoms with Crippen molar-refractivity contribution in [3.05, 3.63) is 16.8 Å². The summed E-state index contributed by atoms with van der Waals surface area (Å²) in [6, 6.07) is 0. The molecule has 6 heteroatoms. The van der Waals surface area contributed by atoms with Crippen molar-refractivity contribution in [1.82, 2.24) is 19.1 Å². The van der Waals surface area contributed by atoms with Crippen molar-refractivity contribution in [3.8, 4) is 0 Å². The van der Waals surface area contributed by atoms with Crippen LogP contribution in [0.4, 0.5) is 5.82 Å². The smallest absolute Gasteiger partial charge is 0.351 e. The summed E-state index contributed by atoms with van der Waals surface area (Å²) >= 11 is 0. The van der Waals surface area contributed by atoms with Crippen LogP contribution in [0.2, 0.25) is 0 Å². The fraction of sp³-hybridized carbons (Fsp3) is 0.286. The number of nitrogens with two attached hydrogens (primary N) is 1. The van der Waals surface area contributed by atoms with Gasteiger partial charge in [-0.15, -0.1) is 0 Å². The summed E-state index contributed by atoms with van der Waals surface area (Å²) in [4.78, 5) is 18.9. The van der Waals surface area contributed by atoms with E-state index in [-0.39, 0.29) is 5.69 Å². The first-order valence-electron chi connectivity index (χ1n) is 3.75. The fourth-order valence-electron chi connectivity index (χ4n) is 1.22. The highest BCUT2D eigenvalue weighted by molar-refractivity contribution is 5.81. The lowest BCUT2D eigenvalue weighted by atomic mass is 10.5. The highest BCUT2D eigenvalue weighted by atomic mass is 16.1. The number of nitrogens with zero attached hydrogens (tertiary/aromatic N) is 4. The number of rotatable bonds is 0. The van der Waals surface area contributed by atoms with Crippen LogP contribution < -0.4 is 11.4 Å². The van der Waals surface area contributed by atoms with Crippen LogP contribution in [-0.4, -0.2) is 19.1 Å². The summed E-state index contributed by atoms with van der Waals surface area (Å²) in [6.45, 7) is 0. The largest absolute Gasteiger partial charge is 0.383 e. The zero-order valence-electron chi connectivity index (χ0n) is 7.35. The minimum absolute atomic E-state index is 0.384. The molecule has 2 N–H and O–H groups in total. The predicted octanol–water partition coefficient (Wildman–Crippen LogP) is -0.751. The van der Waals surface area contributed by atoms with Gasteiger partial charge in [0.15, 0.2) is 5.65 Å². The number of anilines is 1. The Balaban J connectivity index is 3.06. The monoisotopic (exact) mass is 179 g/mol. The minimum Gasteiger partial charge on any atom is -0.383 e. The van der Waals surface area contributed by atoms with Crippen LogP contribution in [0.25, 0.3) is 11.2 Å². The molecule has 0 amide bonds. The topological polar surface area (TPSA) is 78.7 Å². The van der Waals surface area contributed by atoms with Crippen LogP contribution in [0.15, 0.2) is 11.1 Å². The number of fused-ring (bicyclic) bond motifs is 1. The Labute approximate surface area is 73.6 Å². The second kappa shape index (κ2) is 2.32. The van der Waals surface area contributed by atoms with Crippen LogP contribution >= 0.6 is 0 Å². The van der Waals surface area contributed by atoms with Gasteiger partial charge in [-0.1, -0.05) is 0 Å². The number of imidazole rings is 1. The van der Waals surface area contributed by atoms with E-state index in [9.17, 15) is 4.79 Å². The molecule has 2 rings (SSSR count). The van der Waals surface area contributed by atoms with Gasteiger partial charge in [0, 0.05) is 14.1 Å². The summed E-state index contributed by atoms with van der Waals surface area (Å²) in [5, 5.41) is 0. The van der Waals surface area contributed by atoms with Crippen LogP contribution in [0.1, 0.15) is 0 Å². The molecule has 0 aliphatic carbocycles. The van der Waals surface area contributed by atoms with Gasteiger partial charge >= 0.3 is 5.69 Å². The molecule has 2 heterocycles. The molecule has 2 aromatic rings. The Morgan fingerprint density at radius 2 is 2.15 bits per heavy atom. The van der Waals surface area contributed by atoms with E-state index < -0.39 is 0 Å². The van der Waals surface area contributed by atoms with Crippen molar-refractivity contribution in [2.24, 2.45) is 14.1 Å². The van der Waals surface area contributed by atoms with Gasteiger partial charge in [-0.3, -0.25) is 4.57 Å². The Hall–Kier alpha value is -1.85. The van der Waals surface area contributed by atoms with E-state index >= 15 is 0 Å². The molecule has 0 saturated heterocycles. The third kappa shape index (κ3) is 0.915. The highest BCUT2D eigenvalue weighted by Gasteiger charge is 2.09. The summed E-state index contributed by atoms with van der Waals surface area (Å²) < 4.78 is 3.03.